The molecule has 4 nitrogen and oxygen atoms in total. The number of carbonyl (C=O) groups is 2. The molecule has 0 aliphatic rings. The molecule has 0 unspecified atom stereocenters. The van der Waals surface area contributed by atoms with Crippen molar-refractivity contribution in [3.05, 3.63) is 69.2 Å². The third kappa shape index (κ3) is 5.21. The van der Waals surface area contributed by atoms with Crippen LogP contribution in [0, 0.1) is 6.92 Å². The quantitative estimate of drug-likeness (QED) is 0.764. The van der Waals surface area contributed by atoms with E-state index in [1.165, 1.54) is 6.92 Å². The lowest BCUT2D eigenvalue weighted by Gasteiger charge is -2.19. The number of ether oxygens (including phenoxy) is 1. The maximum Gasteiger partial charge on any atom is 0.338 e. The van der Waals surface area contributed by atoms with E-state index in [1.807, 2.05) is 19.1 Å². The van der Waals surface area contributed by atoms with Gasteiger partial charge in [0.25, 0.3) is 5.91 Å². The van der Waals surface area contributed by atoms with Crippen molar-refractivity contribution in [2.24, 2.45) is 0 Å². The van der Waals surface area contributed by atoms with E-state index in [9.17, 15) is 9.59 Å². The highest BCUT2D eigenvalue weighted by molar-refractivity contribution is 6.35. The Morgan fingerprint density at radius 1 is 1.04 bits per heavy atom. The third-order valence-electron chi connectivity index (χ3n) is 3.73. The summed E-state index contributed by atoms with van der Waals surface area (Å²) in [6.07, 6.45) is -0.928. The van der Waals surface area contributed by atoms with Gasteiger partial charge in [-0.1, -0.05) is 47.0 Å². The van der Waals surface area contributed by atoms with Crippen molar-refractivity contribution in [2.45, 2.75) is 32.9 Å². The normalized spacial score (nSPS) is 13.0. The van der Waals surface area contributed by atoms with Crippen molar-refractivity contribution in [3.8, 4) is 0 Å². The minimum atomic E-state index is -0.928. The summed E-state index contributed by atoms with van der Waals surface area (Å²) in [5.74, 6) is -0.946. The summed E-state index contributed by atoms with van der Waals surface area (Å²) >= 11 is 12.0. The summed E-state index contributed by atoms with van der Waals surface area (Å²) in [4.78, 5) is 24.3. The zero-order valence-electron chi connectivity index (χ0n) is 14.2. The fourth-order valence-corrected chi connectivity index (χ4v) is 2.81. The molecule has 2 rings (SSSR count). The number of carbonyl (C=O) groups excluding carboxylic acids is 2. The molecule has 0 aliphatic heterocycles. The average Bonchev–Trinajstić information content (AvgIpc) is 2.55. The summed E-state index contributed by atoms with van der Waals surface area (Å²) in [6.45, 7) is 5.24. The molecule has 0 radical (unpaired) electrons. The van der Waals surface area contributed by atoms with E-state index in [4.69, 9.17) is 27.9 Å². The van der Waals surface area contributed by atoms with Crippen molar-refractivity contribution in [2.75, 3.05) is 0 Å². The summed E-state index contributed by atoms with van der Waals surface area (Å²) in [5, 5.41) is 3.76. The van der Waals surface area contributed by atoms with Crippen molar-refractivity contribution in [3.63, 3.8) is 0 Å². The number of halogens is 2. The van der Waals surface area contributed by atoms with Crippen molar-refractivity contribution >= 4 is 35.1 Å². The zero-order chi connectivity index (χ0) is 18.6. The van der Waals surface area contributed by atoms with Gasteiger partial charge in [0.15, 0.2) is 6.10 Å². The molecule has 0 aliphatic carbocycles. The molecule has 0 aromatic heterocycles. The fourth-order valence-electron chi connectivity index (χ4n) is 2.23. The Morgan fingerprint density at radius 3 is 2.28 bits per heavy atom. The van der Waals surface area contributed by atoms with E-state index in [0.717, 1.165) is 11.1 Å². The highest BCUT2D eigenvalue weighted by Gasteiger charge is 2.21. The highest BCUT2D eigenvalue weighted by atomic mass is 35.5. The van der Waals surface area contributed by atoms with Gasteiger partial charge in [-0.25, -0.2) is 4.79 Å². The monoisotopic (exact) mass is 379 g/mol. The van der Waals surface area contributed by atoms with Gasteiger partial charge in [0.05, 0.1) is 11.6 Å². The number of rotatable bonds is 5. The van der Waals surface area contributed by atoms with Crippen molar-refractivity contribution in [1.82, 2.24) is 5.32 Å². The van der Waals surface area contributed by atoms with E-state index >= 15 is 0 Å². The number of hydrogen-bond donors (Lipinski definition) is 1. The molecule has 0 saturated carbocycles. The van der Waals surface area contributed by atoms with E-state index in [0.29, 0.717) is 15.6 Å². The van der Waals surface area contributed by atoms with Gasteiger partial charge in [0.2, 0.25) is 0 Å². The van der Waals surface area contributed by atoms with Crippen LogP contribution in [0.4, 0.5) is 0 Å². The first kappa shape index (κ1) is 19.3. The van der Waals surface area contributed by atoms with Crippen LogP contribution in [0.15, 0.2) is 42.5 Å². The van der Waals surface area contributed by atoms with Crippen molar-refractivity contribution < 1.29 is 14.3 Å². The maximum atomic E-state index is 12.3. The standard InChI is InChI=1S/C19H19Cl2NO3/c1-11-4-6-14(7-5-11)19(24)25-13(3)18(23)22-12(2)16-9-8-15(20)10-17(16)21/h4-10,12-13H,1-3H3,(H,22,23)/t12-,13+/m1/s1. The molecule has 0 saturated heterocycles. The van der Waals surface area contributed by atoms with Gasteiger partial charge in [-0.05, 0) is 50.6 Å². The van der Waals surface area contributed by atoms with Gasteiger partial charge in [0, 0.05) is 10.0 Å². The first-order valence-electron chi connectivity index (χ1n) is 7.81. The molecular formula is C19H19Cl2NO3. The third-order valence-corrected chi connectivity index (χ3v) is 4.29. The first-order valence-corrected chi connectivity index (χ1v) is 8.56. The van der Waals surface area contributed by atoms with Crippen LogP contribution in [0.1, 0.15) is 41.4 Å². The number of amides is 1. The number of hydrogen-bond acceptors (Lipinski definition) is 3. The van der Waals surface area contributed by atoms with E-state index in [-0.39, 0.29) is 6.04 Å². The Morgan fingerprint density at radius 2 is 1.68 bits per heavy atom. The second-order valence-electron chi connectivity index (χ2n) is 5.81. The number of aryl methyl sites for hydroxylation is 1. The maximum absolute atomic E-state index is 12.3. The molecule has 2 atom stereocenters. The Bertz CT molecular complexity index is 775. The van der Waals surface area contributed by atoms with Crippen LogP contribution >= 0.6 is 23.2 Å². The summed E-state index contributed by atoms with van der Waals surface area (Å²) in [6, 6.07) is 11.7. The Hall–Kier alpha value is -2.04. The predicted octanol–water partition coefficient (Wildman–Crippen LogP) is 4.72. The van der Waals surface area contributed by atoms with Crippen LogP contribution in [-0.2, 0) is 9.53 Å². The average molecular weight is 380 g/mol. The van der Waals surface area contributed by atoms with Gasteiger partial charge in [-0.15, -0.1) is 0 Å². The highest BCUT2D eigenvalue weighted by Crippen LogP contribution is 2.26. The zero-order valence-corrected chi connectivity index (χ0v) is 15.7. The predicted molar refractivity (Wildman–Crippen MR) is 99.1 cm³/mol. The molecule has 25 heavy (non-hydrogen) atoms. The molecule has 6 heteroatoms. The lowest BCUT2D eigenvalue weighted by molar-refractivity contribution is -0.129. The minimum Gasteiger partial charge on any atom is -0.449 e. The van der Waals surface area contributed by atoms with Crippen LogP contribution in [0.5, 0.6) is 0 Å². The molecule has 2 aromatic rings. The van der Waals surface area contributed by atoms with Crippen molar-refractivity contribution in [1.29, 1.82) is 0 Å². The smallest absolute Gasteiger partial charge is 0.338 e. The summed E-state index contributed by atoms with van der Waals surface area (Å²) in [5.41, 5.74) is 2.17. The van der Waals surface area contributed by atoms with E-state index < -0.39 is 18.0 Å². The summed E-state index contributed by atoms with van der Waals surface area (Å²) in [7, 11) is 0. The Labute approximate surface area is 157 Å². The topological polar surface area (TPSA) is 55.4 Å². The van der Waals surface area contributed by atoms with E-state index in [1.54, 1.807) is 37.3 Å². The van der Waals surface area contributed by atoms with Crippen LogP contribution < -0.4 is 5.32 Å². The number of esters is 1. The molecule has 132 valence electrons. The lowest BCUT2D eigenvalue weighted by atomic mass is 10.1. The van der Waals surface area contributed by atoms with Gasteiger partial charge in [-0.2, -0.15) is 0 Å². The minimum absolute atomic E-state index is 0.349. The molecule has 2 aromatic carbocycles. The summed E-state index contributed by atoms with van der Waals surface area (Å²) < 4.78 is 5.22. The van der Waals surface area contributed by atoms with Gasteiger partial charge < -0.3 is 10.1 Å². The molecule has 1 N–H and O–H groups in total. The molecule has 0 fully saturated rings. The largest absolute Gasteiger partial charge is 0.449 e. The van der Waals surface area contributed by atoms with Gasteiger partial charge in [-0.3, -0.25) is 4.79 Å². The number of nitrogens with one attached hydrogen (secondary N) is 1. The first-order chi connectivity index (χ1) is 11.8. The van der Waals surface area contributed by atoms with E-state index in [2.05, 4.69) is 5.32 Å². The second kappa shape index (κ2) is 8.37. The SMILES string of the molecule is Cc1ccc(C(=O)O[C@@H](C)C(=O)N[C@H](C)c2ccc(Cl)cc2Cl)cc1. The lowest BCUT2D eigenvalue weighted by Crippen LogP contribution is -2.37. The fraction of sp³-hybridized carbons (Fsp3) is 0.263. The number of benzene rings is 2. The molecule has 1 amide bonds. The molecule has 0 heterocycles. The molecule has 0 spiro atoms. The van der Waals surface area contributed by atoms with Crippen LogP contribution in [-0.4, -0.2) is 18.0 Å². The van der Waals surface area contributed by atoms with Crippen LogP contribution in [0.3, 0.4) is 0 Å². The molecule has 0 bridgehead atoms. The van der Waals surface area contributed by atoms with Crippen LogP contribution in [0.25, 0.3) is 0 Å². The second-order valence-corrected chi connectivity index (χ2v) is 6.65. The van der Waals surface area contributed by atoms with Crippen LogP contribution in [0.2, 0.25) is 10.0 Å². The van der Waals surface area contributed by atoms with Gasteiger partial charge in [0.1, 0.15) is 0 Å². The van der Waals surface area contributed by atoms with Gasteiger partial charge >= 0.3 is 5.97 Å². The Balaban J connectivity index is 1.97. The molecular weight excluding hydrogens is 361 g/mol. The Kier molecular flexibility index (Phi) is 6.45.